The van der Waals surface area contributed by atoms with Gasteiger partial charge in [0.2, 0.25) is 0 Å². The molecule has 1 aliphatic heterocycles. The van der Waals surface area contributed by atoms with E-state index in [2.05, 4.69) is 5.32 Å². The van der Waals surface area contributed by atoms with Crippen molar-refractivity contribution in [1.29, 1.82) is 0 Å². The number of benzene rings is 2. The maximum Gasteiger partial charge on any atom is 0.260 e. The van der Waals surface area contributed by atoms with E-state index in [1.54, 1.807) is 0 Å². The average molecular weight is 366 g/mol. The summed E-state index contributed by atoms with van der Waals surface area (Å²) in [5.41, 5.74) is 2.96. The third-order valence-electron chi connectivity index (χ3n) is 4.88. The fourth-order valence-electron chi connectivity index (χ4n) is 3.12. The van der Waals surface area contributed by atoms with Gasteiger partial charge >= 0.3 is 0 Å². The van der Waals surface area contributed by atoms with Crippen molar-refractivity contribution in [2.24, 2.45) is 0 Å². The van der Waals surface area contributed by atoms with Gasteiger partial charge in [0, 0.05) is 24.7 Å². The summed E-state index contributed by atoms with van der Waals surface area (Å²) < 4.78 is 5.57. The Bertz CT molecular complexity index is 776. The highest BCUT2D eigenvalue weighted by Crippen LogP contribution is 2.14. The monoisotopic (exact) mass is 366 g/mol. The second kappa shape index (κ2) is 8.71. The van der Waals surface area contributed by atoms with Gasteiger partial charge in [0.05, 0.1) is 0 Å². The Morgan fingerprint density at radius 1 is 0.963 bits per heavy atom. The summed E-state index contributed by atoms with van der Waals surface area (Å²) in [4.78, 5) is 26.5. The van der Waals surface area contributed by atoms with Gasteiger partial charge in [-0.2, -0.15) is 0 Å². The number of hydrogen-bond donors (Lipinski definition) is 1. The van der Waals surface area contributed by atoms with Gasteiger partial charge in [-0.3, -0.25) is 9.59 Å². The summed E-state index contributed by atoms with van der Waals surface area (Å²) in [5.74, 6) is 0.635. The van der Waals surface area contributed by atoms with Gasteiger partial charge in [0.15, 0.2) is 6.61 Å². The number of aryl methyl sites for hydroxylation is 2. The fourth-order valence-corrected chi connectivity index (χ4v) is 3.12. The third kappa shape index (κ3) is 5.33. The zero-order chi connectivity index (χ0) is 19.2. The summed E-state index contributed by atoms with van der Waals surface area (Å²) in [6.45, 7) is 5.32. The molecule has 0 atom stereocenters. The lowest BCUT2D eigenvalue weighted by Crippen LogP contribution is -2.47. The Hall–Kier alpha value is -2.82. The molecule has 1 saturated heterocycles. The summed E-state index contributed by atoms with van der Waals surface area (Å²) in [5, 5.41) is 3.07. The molecular formula is C22H26N2O3. The quantitative estimate of drug-likeness (QED) is 0.885. The van der Waals surface area contributed by atoms with Gasteiger partial charge in [-0.15, -0.1) is 0 Å². The smallest absolute Gasteiger partial charge is 0.260 e. The molecule has 0 unspecified atom stereocenters. The maximum absolute atomic E-state index is 12.3. The van der Waals surface area contributed by atoms with E-state index < -0.39 is 0 Å². The summed E-state index contributed by atoms with van der Waals surface area (Å²) in [6, 6.07) is 15.3. The maximum atomic E-state index is 12.3. The highest BCUT2D eigenvalue weighted by Gasteiger charge is 2.24. The molecule has 0 saturated carbocycles. The van der Waals surface area contributed by atoms with E-state index in [0.717, 1.165) is 24.0 Å². The van der Waals surface area contributed by atoms with Crippen LogP contribution in [0.5, 0.6) is 5.75 Å². The lowest BCUT2D eigenvalue weighted by molar-refractivity contribution is -0.134. The normalized spacial score (nSPS) is 14.7. The molecule has 0 aliphatic carbocycles. The molecule has 5 nitrogen and oxygen atoms in total. The van der Waals surface area contributed by atoms with E-state index in [0.29, 0.717) is 24.4 Å². The number of ether oxygens (including phenoxy) is 1. The highest BCUT2D eigenvalue weighted by atomic mass is 16.5. The lowest BCUT2D eigenvalue weighted by atomic mass is 10.0. The average Bonchev–Trinajstić information content (AvgIpc) is 2.68. The number of carbonyl (C=O) groups excluding carboxylic acids is 2. The van der Waals surface area contributed by atoms with Gasteiger partial charge in [-0.1, -0.05) is 35.4 Å². The molecule has 0 aromatic heterocycles. The highest BCUT2D eigenvalue weighted by molar-refractivity contribution is 5.94. The Morgan fingerprint density at radius 3 is 2.11 bits per heavy atom. The molecule has 1 heterocycles. The number of carbonyl (C=O) groups is 2. The second-order valence-electron chi connectivity index (χ2n) is 7.10. The first-order chi connectivity index (χ1) is 13.0. The van der Waals surface area contributed by atoms with Crippen LogP contribution in [0.1, 0.15) is 34.3 Å². The van der Waals surface area contributed by atoms with Crippen LogP contribution >= 0.6 is 0 Å². The van der Waals surface area contributed by atoms with Crippen molar-refractivity contribution >= 4 is 11.8 Å². The molecule has 27 heavy (non-hydrogen) atoms. The predicted molar refractivity (Wildman–Crippen MR) is 105 cm³/mol. The van der Waals surface area contributed by atoms with Gasteiger partial charge < -0.3 is 15.0 Å². The van der Waals surface area contributed by atoms with Crippen LogP contribution in [0.15, 0.2) is 48.5 Å². The molecule has 2 amide bonds. The van der Waals surface area contributed by atoms with Crippen molar-refractivity contribution < 1.29 is 14.3 Å². The van der Waals surface area contributed by atoms with E-state index in [1.165, 1.54) is 0 Å². The minimum absolute atomic E-state index is 0.0149. The van der Waals surface area contributed by atoms with Crippen molar-refractivity contribution in [1.82, 2.24) is 10.2 Å². The van der Waals surface area contributed by atoms with Crippen molar-refractivity contribution in [2.75, 3.05) is 19.7 Å². The molecular weight excluding hydrogens is 340 g/mol. The number of amides is 2. The Kier molecular flexibility index (Phi) is 6.12. The van der Waals surface area contributed by atoms with Gasteiger partial charge in [-0.05, 0) is 51.0 Å². The van der Waals surface area contributed by atoms with E-state index in [9.17, 15) is 9.59 Å². The minimum Gasteiger partial charge on any atom is -0.484 e. The summed E-state index contributed by atoms with van der Waals surface area (Å²) in [6.07, 6.45) is 1.52. The first kappa shape index (κ1) is 19.0. The molecule has 5 heteroatoms. The molecule has 1 fully saturated rings. The number of hydrogen-bond acceptors (Lipinski definition) is 3. The summed E-state index contributed by atoms with van der Waals surface area (Å²) in [7, 11) is 0. The largest absolute Gasteiger partial charge is 0.484 e. The van der Waals surface area contributed by atoms with Gasteiger partial charge in [0.25, 0.3) is 11.8 Å². The first-order valence-electron chi connectivity index (χ1n) is 9.36. The van der Waals surface area contributed by atoms with E-state index in [4.69, 9.17) is 4.74 Å². The van der Waals surface area contributed by atoms with E-state index in [-0.39, 0.29) is 24.5 Å². The molecule has 2 aromatic carbocycles. The fraction of sp³-hybridized carbons (Fsp3) is 0.364. The molecule has 0 bridgehead atoms. The summed E-state index contributed by atoms with van der Waals surface area (Å²) >= 11 is 0. The lowest BCUT2D eigenvalue weighted by Gasteiger charge is -2.32. The minimum atomic E-state index is -0.0533. The number of nitrogens with one attached hydrogen (secondary N) is 1. The van der Waals surface area contributed by atoms with Crippen LogP contribution in [0.25, 0.3) is 0 Å². The van der Waals surface area contributed by atoms with Crippen LogP contribution in [0.4, 0.5) is 0 Å². The Labute approximate surface area is 160 Å². The molecule has 2 aromatic rings. The number of likely N-dealkylation sites (tertiary alicyclic amines) is 1. The van der Waals surface area contributed by atoms with Crippen LogP contribution in [0.3, 0.4) is 0 Å². The van der Waals surface area contributed by atoms with E-state index in [1.807, 2.05) is 67.3 Å². The molecule has 0 spiro atoms. The Balaban J connectivity index is 1.42. The van der Waals surface area contributed by atoms with Crippen LogP contribution in [0, 0.1) is 13.8 Å². The third-order valence-corrected chi connectivity index (χ3v) is 4.88. The van der Waals surface area contributed by atoms with E-state index >= 15 is 0 Å². The van der Waals surface area contributed by atoms with Gasteiger partial charge in [-0.25, -0.2) is 0 Å². The topological polar surface area (TPSA) is 58.6 Å². The molecule has 3 rings (SSSR count). The van der Waals surface area contributed by atoms with Crippen molar-refractivity contribution in [3.8, 4) is 5.75 Å². The molecule has 1 aliphatic rings. The molecule has 0 radical (unpaired) electrons. The standard InChI is InChI=1S/C22H26N2O3/c1-16-3-7-18(8-4-16)22(26)23-19-11-13-24(14-12-19)21(25)15-27-20-9-5-17(2)6-10-20/h3-10,19H,11-15H2,1-2H3,(H,23,26). The number of nitrogens with zero attached hydrogens (tertiary/aromatic N) is 1. The predicted octanol–water partition coefficient (Wildman–Crippen LogP) is 3.10. The number of rotatable bonds is 5. The van der Waals surface area contributed by atoms with Crippen LogP contribution in [-0.4, -0.2) is 42.5 Å². The van der Waals surface area contributed by atoms with Gasteiger partial charge in [0.1, 0.15) is 5.75 Å². The van der Waals surface area contributed by atoms with Crippen LogP contribution in [-0.2, 0) is 4.79 Å². The van der Waals surface area contributed by atoms with Crippen molar-refractivity contribution in [3.63, 3.8) is 0 Å². The van der Waals surface area contributed by atoms with Crippen LogP contribution in [0.2, 0.25) is 0 Å². The zero-order valence-corrected chi connectivity index (χ0v) is 15.9. The first-order valence-corrected chi connectivity index (χ1v) is 9.36. The zero-order valence-electron chi connectivity index (χ0n) is 15.9. The Morgan fingerprint density at radius 2 is 1.52 bits per heavy atom. The van der Waals surface area contributed by atoms with Crippen molar-refractivity contribution in [3.05, 3.63) is 65.2 Å². The second-order valence-corrected chi connectivity index (χ2v) is 7.10. The molecule has 142 valence electrons. The SMILES string of the molecule is Cc1ccc(OCC(=O)N2CCC(NC(=O)c3ccc(C)cc3)CC2)cc1. The molecule has 1 N–H and O–H groups in total. The number of piperidine rings is 1. The van der Waals surface area contributed by atoms with Crippen LogP contribution < -0.4 is 10.1 Å². The van der Waals surface area contributed by atoms with Crippen molar-refractivity contribution in [2.45, 2.75) is 32.7 Å².